The number of hydrogen-bond donors (Lipinski definition) is 0. The van der Waals surface area contributed by atoms with Crippen LogP contribution in [0.2, 0.25) is 0 Å². The molecule has 0 N–H and O–H groups in total. The Morgan fingerprint density at radius 3 is 0.808 bits per heavy atom. The fraction of sp³-hybridized carbons (Fsp3) is 0.639. The summed E-state index contributed by atoms with van der Waals surface area (Å²) in [5, 5.41) is 0. The second-order valence-corrected chi connectivity index (χ2v) is 29.4. The average molecular weight is 1560 g/mol. The standard InChI is InChI=1S/3C11H15NO.2C11H15N.C7H15N.3C5H11NS.2CH3Cl.4CH3F/c1-10-3-2-4-11(9-10)12-5-7-13-8-6-12;2*1-10-4-2-3-5-11(10)12-6-8-13-9-7-12;2*1-10-6-2-3-7-11(10)12-8-4-5-9-12;1-7-5-3-4-6-8(7)2;3*1-6-2-4-7-5-3-6;6*1-2/h2-4,9H,5-8H2,1H3;2*2-5H,6-9H2,1H3;2*2-3,6-7H,4-5,8-9H2,1H3;7H,3-6H2,1-2H3;3*2-5H2,1H3;6*1H3. The number of alkyl halides is 6. The van der Waals surface area contributed by atoms with E-state index >= 15 is 0 Å². The number of anilines is 5. The minimum Gasteiger partial charge on any atom is -0.378 e. The number of halogens is 6. The maximum atomic E-state index is 9.50. The van der Waals surface area contributed by atoms with Crippen LogP contribution in [0.1, 0.15) is 79.7 Å². The number of rotatable bonds is 5. The molecule has 0 amide bonds. The van der Waals surface area contributed by atoms with E-state index in [4.69, 9.17) is 14.2 Å². The van der Waals surface area contributed by atoms with Crippen LogP contribution in [0.4, 0.5) is 46.0 Å². The first-order valence-corrected chi connectivity index (χ1v) is 42.4. The predicted octanol–water partition coefficient (Wildman–Crippen LogP) is 18.2. The van der Waals surface area contributed by atoms with Crippen molar-refractivity contribution in [2.75, 3.05) is 280 Å². The smallest absolute Gasteiger partial charge is 0.0785 e. The Labute approximate surface area is 655 Å². The molecular weight excluding hydrogens is 1410 g/mol. The van der Waals surface area contributed by atoms with Crippen LogP contribution in [0.25, 0.3) is 0 Å². The molecular formula is C83H141Cl2F4N9O3S3. The third-order valence-corrected chi connectivity index (χ3v) is 21.1. The van der Waals surface area contributed by atoms with E-state index in [0.717, 1.165) is 85.0 Å². The maximum absolute atomic E-state index is 9.50. The molecule has 5 aromatic carbocycles. The van der Waals surface area contributed by atoms with E-state index in [-0.39, 0.29) is 0 Å². The zero-order chi connectivity index (χ0) is 77.4. The molecule has 1 unspecified atom stereocenters. The summed E-state index contributed by atoms with van der Waals surface area (Å²) < 4.78 is 53.9. The lowest BCUT2D eigenvalue weighted by molar-refractivity contribution is 0.122. The molecule has 9 aliphatic heterocycles. The number of hydrogen-bond acceptors (Lipinski definition) is 15. The van der Waals surface area contributed by atoms with Crippen molar-refractivity contribution in [2.45, 2.75) is 92.5 Å². The van der Waals surface area contributed by atoms with Gasteiger partial charge in [-0.2, -0.15) is 35.3 Å². The van der Waals surface area contributed by atoms with Gasteiger partial charge in [-0.1, -0.05) is 91.3 Å². The molecule has 21 heteroatoms. The van der Waals surface area contributed by atoms with E-state index in [1.165, 1.54) is 220 Å². The molecule has 12 nitrogen and oxygen atoms in total. The third kappa shape index (κ3) is 45.2. The van der Waals surface area contributed by atoms with Gasteiger partial charge in [0.2, 0.25) is 0 Å². The number of ether oxygens (including phenoxy) is 3. The fourth-order valence-corrected chi connectivity index (χ4v) is 15.3. The summed E-state index contributed by atoms with van der Waals surface area (Å²) in [5.41, 5.74) is 13.7. The lowest BCUT2D eigenvalue weighted by atomic mass is 10.1. The second-order valence-electron chi connectivity index (χ2n) is 25.7. The van der Waals surface area contributed by atoms with E-state index in [1.807, 2.05) is 0 Å². The number of likely N-dealkylation sites (tertiary alicyclic amines) is 1. The molecule has 0 saturated carbocycles. The number of morpholine rings is 3. The van der Waals surface area contributed by atoms with Crippen LogP contribution in [0.15, 0.2) is 121 Å². The lowest BCUT2D eigenvalue weighted by Gasteiger charge is -2.30. The lowest BCUT2D eigenvalue weighted by Crippen LogP contribution is -2.36. The van der Waals surface area contributed by atoms with Crippen molar-refractivity contribution in [1.82, 2.24) is 19.6 Å². The molecule has 9 fully saturated rings. The highest BCUT2D eigenvalue weighted by molar-refractivity contribution is 7.99. The normalized spacial score (nSPS) is 18.4. The largest absolute Gasteiger partial charge is 0.378 e. The summed E-state index contributed by atoms with van der Waals surface area (Å²) >= 11 is 15.4. The van der Waals surface area contributed by atoms with Crippen LogP contribution in [0, 0.1) is 34.6 Å². The predicted molar refractivity (Wildman–Crippen MR) is 460 cm³/mol. The number of aryl methyl sites for hydroxylation is 5. The summed E-state index contributed by atoms with van der Waals surface area (Å²) in [6.45, 7) is 38.3. The number of benzene rings is 5. The van der Waals surface area contributed by atoms with Crippen molar-refractivity contribution in [1.29, 1.82) is 0 Å². The van der Waals surface area contributed by atoms with Gasteiger partial charge < -0.3 is 58.3 Å². The summed E-state index contributed by atoms with van der Waals surface area (Å²) in [6, 6.07) is 43.8. The maximum Gasteiger partial charge on any atom is 0.0785 e. The third-order valence-electron chi connectivity index (χ3n) is 18.3. The SMILES string of the molecule is CC1CCCCN1C.CCl.CCl.CF.CF.CF.CF.CN1CCSCC1.CN1CCSCC1.CN1CCSCC1.Cc1cccc(N2CCOCC2)c1.Cc1ccccc1N1CCCC1.Cc1ccccc1N1CCCC1.Cc1ccccc1N1CCOCC1.Cc1ccccc1N1CCOCC1. The molecule has 104 heavy (non-hydrogen) atoms. The van der Waals surface area contributed by atoms with E-state index in [0.29, 0.717) is 28.7 Å². The van der Waals surface area contributed by atoms with Gasteiger partial charge in [0.25, 0.3) is 0 Å². The van der Waals surface area contributed by atoms with Crippen molar-refractivity contribution in [2.24, 2.45) is 0 Å². The van der Waals surface area contributed by atoms with Crippen molar-refractivity contribution >= 4 is 86.9 Å². The van der Waals surface area contributed by atoms with E-state index in [9.17, 15) is 17.6 Å². The first kappa shape index (κ1) is 100. The first-order chi connectivity index (χ1) is 50.9. The van der Waals surface area contributed by atoms with Crippen LogP contribution in [-0.4, -0.2) is 281 Å². The summed E-state index contributed by atoms with van der Waals surface area (Å²) in [5.74, 6) is 7.98. The van der Waals surface area contributed by atoms with Crippen molar-refractivity contribution < 1.29 is 31.8 Å². The van der Waals surface area contributed by atoms with Gasteiger partial charge in [0.05, 0.1) is 68.4 Å². The Morgan fingerprint density at radius 1 is 0.317 bits per heavy atom. The molecule has 9 heterocycles. The molecule has 9 aliphatic rings. The monoisotopic (exact) mass is 1550 g/mol. The molecule has 0 bridgehead atoms. The average Bonchev–Trinajstić information content (AvgIpc) is 1.30. The highest BCUT2D eigenvalue weighted by Gasteiger charge is 2.17. The van der Waals surface area contributed by atoms with Crippen molar-refractivity contribution in [3.05, 3.63) is 149 Å². The summed E-state index contributed by atoms with van der Waals surface area (Å²) in [4.78, 5) is 21.7. The van der Waals surface area contributed by atoms with Crippen LogP contribution in [0.3, 0.4) is 0 Å². The Bertz CT molecular complexity index is 2540. The topological polar surface area (TPSA) is 56.9 Å². The van der Waals surface area contributed by atoms with Gasteiger partial charge in [-0.15, -0.1) is 23.2 Å². The van der Waals surface area contributed by atoms with Gasteiger partial charge >= 0.3 is 0 Å². The number of piperidine rings is 1. The quantitative estimate of drug-likeness (QED) is 0.124. The molecule has 5 aromatic rings. The molecule has 1 atom stereocenters. The number of para-hydroxylation sites is 4. The van der Waals surface area contributed by atoms with Gasteiger partial charge in [0.15, 0.2) is 0 Å². The molecule has 0 spiro atoms. The fourth-order valence-electron chi connectivity index (χ4n) is 12.0. The Balaban J connectivity index is 0.00000114. The summed E-state index contributed by atoms with van der Waals surface area (Å²) in [7, 11) is 10.8. The van der Waals surface area contributed by atoms with Crippen LogP contribution < -0.4 is 24.5 Å². The zero-order valence-corrected chi connectivity index (χ0v) is 71.3. The Hall–Kier alpha value is -3.83. The second kappa shape index (κ2) is 68.4. The summed E-state index contributed by atoms with van der Waals surface area (Å²) in [6.07, 6.45) is 12.6. The van der Waals surface area contributed by atoms with Crippen LogP contribution in [-0.2, 0) is 14.2 Å². The van der Waals surface area contributed by atoms with Gasteiger partial charge in [-0.05, 0) is 179 Å². The molecule has 9 saturated heterocycles. The van der Waals surface area contributed by atoms with Gasteiger partial charge in [0, 0.05) is 186 Å². The molecule has 0 aliphatic carbocycles. The highest BCUT2D eigenvalue weighted by Crippen LogP contribution is 2.26. The van der Waals surface area contributed by atoms with E-state index in [1.54, 1.807) is 0 Å². The zero-order valence-electron chi connectivity index (χ0n) is 67.3. The number of thioether (sulfide) groups is 3. The van der Waals surface area contributed by atoms with Gasteiger partial charge in [-0.3, -0.25) is 17.6 Å². The van der Waals surface area contributed by atoms with Crippen LogP contribution in [0.5, 0.6) is 0 Å². The molecule has 14 rings (SSSR count). The first-order valence-electron chi connectivity index (χ1n) is 37.4. The van der Waals surface area contributed by atoms with Gasteiger partial charge in [0.1, 0.15) is 0 Å². The van der Waals surface area contributed by atoms with E-state index < -0.39 is 0 Å². The van der Waals surface area contributed by atoms with Crippen molar-refractivity contribution in [3.63, 3.8) is 0 Å². The molecule has 0 radical (unpaired) electrons. The van der Waals surface area contributed by atoms with Gasteiger partial charge in [-0.25, -0.2) is 0 Å². The Kier molecular flexibility index (Phi) is 65.9. The number of nitrogens with zero attached hydrogens (tertiary/aromatic N) is 9. The minimum atomic E-state index is 0.500. The van der Waals surface area contributed by atoms with Crippen molar-refractivity contribution in [3.8, 4) is 0 Å². The highest BCUT2D eigenvalue weighted by atomic mass is 35.5. The Morgan fingerprint density at radius 2 is 0.577 bits per heavy atom. The van der Waals surface area contributed by atoms with E-state index in [2.05, 4.69) is 294 Å². The van der Waals surface area contributed by atoms with Crippen LogP contribution >= 0.6 is 58.5 Å². The minimum absolute atomic E-state index is 0.500. The molecule has 0 aromatic heterocycles. The molecule has 596 valence electrons.